The molecule has 1 heterocycles. The van der Waals surface area contributed by atoms with Gasteiger partial charge in [-0.2, -0.15) is 5.10 Å². The summed E-state index contributed by atoms with van der Waals surface area (Å²) in [5.74, 6) is -1.11. The highest BCUT2D eigenvalue weighted by Gasteiger charge is 2.15. The maximum Gasteiger partial charge on any atom is 0.269 e. The zero-order chi connectivity index (χ0) is 13.3. The highest BCUT2D eigenvalue weighted by molar-refractivity contribution is 5.90. The zero-order valence-electron chi connectivity index (χ0n) is 9.80. The van der Waals surface area contributed by atoms with Gasteiger partial charge in [-0.1, -0.05) is 12.1 Å². The summed E-state index contributed by atoms with van der Waals surface area (Å²) < 4.78 is 15.1. The number of nitrogens with zero attached hydrogens (tertiary/aromatic N) is 2. The molecule has 0 aliphatic carbocycles. The Labute approximate surface area is 103 Å². The number of aromatic nitrogens is 2. The van der Waals surface area contributed by atoms with Gasteiger partial charge in [-0.05, 0) is 24.6 Å². The molecule has 1 aromatic carbocycles. The summed E-state index contributed by atoms with van der Waals surface area (Å²) in [6, 6.07) is 5.69. The molecule has 1 aromatic heterocycles. The molecule has 0 spiro atoms. The Morgan fingerprint density at radius 1 is 1.44 bits per heavy atom. The molecule has 0 unspecified atom stereocenters. The number of hydrogen-bond acceptors (Lipinski definition) is 3. The standard InChI is InChI=1S/C12H13FN4O/c1-7(14)8-3-2-4-9(13)11(8)17-6-5-10(16-17)12(15)18/h2-7H,14H2,1H3,(H2,15,18)/t7-/m1/s1. The van der Waals surface area contributed by atoms with Crippen LogP contribution in [0.3, 0.4) is 0 Å². The number of amides is 1. The van der Waals surface area contributed by atoms with Crippen LogP contribution in [0.2, 0.25) is 0 Å². The lowest BCUT2D eigenvalue weighted by molar-refractivity contribution is 0.0995. The molecule has 0 aliphatic rings. The number of benzene rings is 1. The molecular weight excluding hydrogens is 235 g/mol. The Balaban J connectivity index is 2.58. The monoisotopic (exact) mass is 248 g/mol. The van der Waals surface area contributed by atoms with E-state index in [0.717, 1.165) is 0 Å². The lowest BCUT2D eigenvalue weighted by Crippen LogP contribution is -2.14. The minimum absolute atomic E-state index is 0.0777. The first-order valence-electron chi connectivity index (χ1n) is 5.40. The number of carbonyl (C=O) groups is 1. The van der Waals surface area contributed by atoms with Crippen LogP contribution in [0.25, 0.3) is 5.69 Å². The fourth-order valence-corrected chi connectivity index (χ4v) is 1.72. The van der Waals surface area contributed by atoms with Gasteiger partial charge in [0.15, 0.2) is 0 Å². The molecule has 0 fully saturated rings. The highest BCUT2D eigenvalue weighted by Crippen LogP contribution is 2.22. The minimum atomic E-state index is -0.660. The second-order valence-corrected chi connectivity index (χ2v) is 3.98. The lowest BCUT2D eigenvalue weighted by Gasteiger charge is -2.13. The van der Waals surface area contributed by atoms with Crippen molar-refractivity contribution in [1.82, 2.24) is 9.78 Å². The third kappa shape index (κ3) is 2.10. The van der Waals surface area contributed by atoms with Crippen LogP contribution < -0.4 is 11.5 Å². The van der Waals surface area contributed by atoms with Crippen LogP contribution in [0, 0.1) is 5.82 Å². The Hall–Kier alpha value is -2.21. The van der Waals surface area contributed by atoms with Crippen molar-refractivity contribution in [2.24, 2.45) is 11.5 Å². The van der Waals surface area contributed by atoms with Crippen LogP contribution >= 0.6 is 0 Å². The van der Waals surface area contributed by atoms with Crippen molar-refractivity contribution in [3.63, 3.8) is 0 Å². The molecule has 2 rings (SSSR count). The summed E-state index contributed by atoms with van der Waals surface area (Å²) >= 11 is 0. The summed E-state index contributed by atoms with van der Waals surface area (Å²) in [6.07, 6.45) is 1.48. The van der Waals surface area contributed by atoms with E-state index in [1.165, 1.54) is 23.0 Å². The van der Waals surface area contributed by atoms with Crippen molar-refractivity contribution in [1.29, 1.82) is 0 Å². The molecule has 2 aromatic rings. The Morgan fingerprint density at radius 2 is 2.17 bits per heavy atom. The van der Waals surface area contributed by atoms with E-state index in [1.807, 2.05) is 0 Å². The molecule has 0 saturated carbocycles. The van der Waals surface area contributed by atoms with Crippen molar-refractivity contribution in [2.75, 3.05) is 0 Å². The van der Waals surface area contributed by atoms with Crippen LogP contribution in [0.4, 0.5) is 4.39 Å². The van der Waals surface area contributed by atoms with Crippen molar-refractivity contribution in [3.05, 3.63) is 47.5 Å². The predicted molar refractivity (Wildman–Crippen MR) is 64.6 cm³/mol. The van der Waals surface area contributed by atoms with E-state index in [0.29, 0.717) is 5.56 Å². The number of halogens is 1. The van der Waals surface area contributed by atoms with Gasteiger partial charge in [-0.15, -0.1) is 0 Å². The van der Waals surface area contributed by atoms with Crippen molar-refractivity contribution >= 4 is 5.91 Å². The van der Waals surface area contributed by atoms with E-state index in [-0.39, 0.29) is 17.4 Å². The first-order chi connectivity index (χ1) is 8.50. The maximum absolute atomic E-state index is 13.9. The summed E-state index contributed by atoms with van der Waals surface area (Å²) in [5, 5.41) is 3.93. The van der Waals surface area contributed by atoms with Crippen molar-refractivity contribution in [2.45, 2.75) is 13.0 Å². The first kappa shape index (κ1) is 12.3. The van der Waals surface area contributed by atoms with Gasteiger partial charge in [-0.3, -0.25) is 4.79 Å². The predicted octanol–water partition coefficient (Wildman–Crippen LogP) is 1.13. The topological polar surface area (TPSA) is 86.9 Å². The summed E-state index contributed by atoms with van der Waals surface area (Å²) in [7, 11) is 0. The van der Waals surface area contributed by atoms with Gasteiger partial charge in [0.1, 0.15) is 17.2 Å². The largest absolute Gasteiger partial charge is 0.364 e. The van der Waals surface area contributed by atoms with Crippen molar-refractivity contribution < 1.29 is 9.18 Å². The summed E-state index contributed by atoms with van der Waals surface area (Å²) in [5.41, 5.74) is 11.8. The molecule has 5 nitrogen and oxygen atoms in total. The van der Waals surface area contributed by atoms with E-state index in [2.05, 4.69) is 5.10 Å². The van der Waals surface area contributed by atoms with Gasteiger partial charge >= 0.3 is 0 Å². The molecular formula is C12H13FN4O. The molecule has 94 valence electrons. The Kier molecular flexibility index (Phi) is 3.12. The van der Waals surface area contributed by atoms with Crippen LogP contribution in [-0.4, -0.2) is 15.7 Å². The highest BCUT2D eigenvalue weighted by atomic mass is 19.1. The molecule has 0 aliphatic heterocycles. The number of primary amides is 1. The van der Waals surface area contributed by atoms with Crippen LogP contribution in [-0.2, 0) is 0 Å². The second kappa shape index (κ2) is 4.58. The van der Waals surface area contributed by atoms with Gasteiger partial charge in [-0.25, -0.2) is 9.07 Å². The fraction of sp³-hybridized carbons (Fsp3) is 0.167. The second-order valence-electron chi connectivity index (χ2n) is 3.98. The number of carbonyl (C=O) groups excluding carboxylic acids is 1. The van der Waals surface area contributed by atoms with Crippen molar-refractivity contribution in [3.8, 4) is 5.69 Å². The van der Waals surface area contributed by atoms with Gasteiger partial charge in [0.05, 0.1) is 0 Å². The normalized spacial score (nSPS) is 12.4. The van der Waals surface area contributed by atoms with Gasteiger partial charge in [0.2, 0.25) is 0 Å². The van der Waals surface area contributed by atoms with Crippen LogP contribution in [0.15, 0.2) is 30.5 Å². The first-order valence-corrected chi connectivity index (χ1v) is 5.40. The molecule has 4 N–H and O–H groups in total. The van der Waals surface area contributed by atoms with E-state index in [1.54, 1.807) is 19.1 Å². The third-order valence-electron chi connectivity index (χ3n) is 2.58. The molecule has 1 atom stereocenters. The minimum Gasteiger partial charge on any atom is -0.364 e. The number of para-hydroxylation sites is 1. The van der Waals surface area contributed by atoms with E-state index in [4.69, 9.17) is 11.5 Å². The van der Waals surface area contributed by atoms with E-state index >= 15 is 0 Å². The quantitative estimate of drug-likeness (QED) is 0.853. The maximum atomic E-state index is 13.9. The Bertz CT molecular complexity index is 592. The molecule has 0 saturated heterocycles. The van der Waals surface area contributed by atoms with Gasteiger partial charge < -0.3 is 11.5 Å². The van der Waals surface area contributed by atoms with E-state index in [9.17, 15) is 9.18 Å². The number of hydrogen-bond donors (Lipinski definition) is 2. The summed E-state index contributed by atoms with van der Waals surface area (Å²) in [4.78, 5) is 11.0. The van der Waals surface area contributed by atoms with E-state index < -0.39 is 11.7 Å². The smallest absolute Gasteiger partial charge is 0.269 e. The average molecular weight is 248 g/mol. The fourth-order valence-electron chi connectivity index (χ4n) is 1.72. The van der Waals surface area contributed by atoms with Gasteiger partial charge in [0, 0.05) is 12.2 Å². The average Bonchev–Trinajstić information content (AvgIpc) is 2.77. The molecule has 1 amide bonds. The lowest BCUT2D eigenvalue weighted by atomic mass is 10.1. The zero-order valence-corrected chi connectivity index (χ0v) is 9.80. The number of rotatable bonds is 3. The SMILES string of the molecule is C[C@@H](N)c1cccc(F)c1-n1ccc(C(N)=O)n1. The number of nitrogens with two attached hydrogens (primary N) is 2. The Morgan fingerprint density at radius 3 is 2.72 bits per heavy atom. The van der Waals surface area contributed by atoms with Crippen LogP contribution in [0.1, 0.15) is 29.0 Å². The molecule has 0 radical (unpaired) electrons. The summed E-state index contributed by atoms with van der Waals surface area (Å²) in [6.45, 7) is 1.75. The van der Waals surface area contributed by atoms with Gasteiger partial charge in [0.25, 0.3) is 5.91 Å². The third-order valence-corrected chi connectivity index (χ3v) is 2.58. The molecule has 6 heteroatoms. The van der Waals surface area contributed by atoms with Crippen LogP contribution in [0.5, 0.6) is 0 Å². The molecule has 18 heavy (non-hydrogen) atoms. The molecule has 0 bridgehead atoms.